The van der Waals surface area contributed by atoms with Crippen molar-refractivity contribution in [1.82, 2.24) is 9.99 Å². The van der Waals surface area contributed by atoms with Gasteiger partial charge >= 0.3 is 5.97 Å². The predicted octanol–water partition coefficient (Wildman–Crippen LogP) is 0.643. The van der Waals surface area contributed by atoms with E-state index in [2.05, 4.69) is 5.32 Å². The van der Waals surface area contributed by atoms with Gasteiger partial charge < -0.3 is 26.1 Å². The summed E-state index contributed by atoms with van der Waals surface area (Å²) in [6.45, 7) is 4.05. The van der Waals surface area contributed by atoms with Crippen molar-refractivity contribution in [1.29, 1.82) is 0 Å². The van der Waals surface area contributed by atoms with Crippen LogP contribution in [0.15, 0.2) is 17.1 Å². The predicted molar refractivity (Wildman–Crippen MR) is 119 cm³/mol. The van der Waals surface area contributed by atoms with Crippen LogP contribution in [-0.4, -0.2) is 60.9 Å². The number of rotatable bonds is 6. The van der Waals surface area contributed by atoms with Gasteiger partial charge in [0.15, 0.2) is 0 Å². The maximum absolute atomic E-state index is 15.3. The van der Waals surface area contributed by atoms with Crippen LogP contribution in [0.5, 0.6) is 0 Å². The first-order valence-electron chi connectivity index (χ1n) is 10.8. The molecule has 32 heavy (non-hydrogen) atoms. The third-order valence-corrected chi connectivity index (χ3v) is 6.44. The molecule has 1 amide bonds. The molecule has 2 aromatic rings. The van der Waals surface area contributed by atoms with Crippen LogP contribution >= 0.6 is 0 Å². The van der Waals surface area contributed by atoms with Crippen LogP contribution in [0.3, 0.4) is 0 Å². The molecule has 1 aromatic heterocycles. The van der Waals surface area contributed by atoms with Crippen LogP contribution in [0.1, 0.15) is 35.7 Å². The number of carbonyl (C=O) groups is 2. The minimum atomic E-state index is -1.33. The van der Waals surface area contributed by atoms with E-state index >= 15 is 4.39 Å². The topological polar surface area (TPSA) is 121 Å². The zero-order valence-corrected chi connectivity index (χ0v) is 18.2. The summed E-state index contributed by atoms with van der Waals surface area (Å²) >= 11 is 0. The molecule has 0 spiro atoms. The summed E-state index contributed by atoms with van der Waals surface area (Å²) in [7, 11) is 1.81. The molecule has 1 unspecified atom stereocenters. The lowest BCUT2D eigenvalue weighted by Gasteiger charge is -2.33. The highest BCUT2D eigenvalue weighted by Crippen LogP contribution is 2.36. The molecule has 9 nitrogen and oxygen atoms in total. The van der Waals surface area contributed by atoms with Gasteiger partial charge in [-0.15, -0.1) is 0 Å². The number of hydrogen-bond acceptors (Lipinski definition) is 6. The lowest BCUT2D eigenvalue weighted by Crippen LogP contribution is -2.39. The molecule has 1 fully saturated rings. The number of halogens is 1. The smallest absolute Gasteiger partial charge is 0.341 e. The van der Waals surface area contributed by atoms with Gasteiger partial charge in [0.05, 0.1) is 22.6 Å². The van der Waals surface area contributed by atoms with Crippen LogP contribution in [0.2, 0.25) is 0 Å². The van der Waals surface area contributed by atoms with E-state index in [1.54, 1.807) is 11.6 Å². The van der Waals surface area contributed by atoms with Crippen LogP contribution in [0.25, 0.3) is 10.9 Å². The molecule has 2 aliphatic heterocycles. The Morgan fingerprint density at radius 1 is 1.38 bits per heavy atom. The second-order valence-corrected chi connectivity index (χ2v) is 8.70. The number of aromatic nitrogens is 1. The van der Waals surface area contributed by atoms with Gasteiger partial charge in [-0.05, 0) is 38.2 Å². The summed E-state index contributed by atoms with van der Waals surface area (Å²) in [5.41, 5.74) is 6.31. The Hall–Kier alpha value is -3.14. The van der Waals surface area contributed by atoms with E-state index in [4.69, 9.17) is 5.73 Å². The van der Waals surface area contributed by atoms with Crippen molar-refractivity contribution in [2.24, 2.45) is 11.7 Å². The Morgan fingerprint density at radius 3 is 2.81 bits per heavy atom. The highest BCUT2D eigenvalue weighted by Gasteiger charge is 2.31. The first-order chi connectivity index (χ1) is 15.2. The first-order valence-corrected chi connectivity index (χ1v) is 10.8. The highest BCUT2D eigenvalue weighted by atomic mass is 19.1. The Balaban J connectivity index is 1.66. The highest BCUT2D eigenvalue weighted by molar-refractivity contribution is 5.95. The van der Waals surface area contributed by atoms with Gasteiger partial charge in [0, 0.05) is 45.0 Å². The van der Waals surface area contributed by atoms with Crippen molar-refractivity contribution in [3.05, 3.63) is 39.4 Å². The molecule has 2 atom stereocenters. The summed E-state index contributed by atoms with van der Waals surface area (Å²) in [5, 5.41) is 14.1. The molecule has 172 valence electrons. The maximum Gasteiger partial charge on any atom is 0.341 e. The normalized spacial score (nSPS) is 18.8. The van der Waals surface area contributed by atoms with Crippen molar-refractivity contribution in [3.8, 4) is 0 Å². The molecule has 10 heteroatoms. The van der Waals surface area contributed by atoms with E-state index in [0.29, 0.717) is 49.7 Å². The number of likely N-dealkylation sites (N-methyl/N-ethyl adjacent to an activating group) is 1. The number of nitrogens with two attached hydrogens (primary N) is 1. The third kappa shape index (κ3) is 3.79. The Kier molecular flexibility index (Phi) is 5.81. The number of pyridine rings is 1. The fourth-order valence-corrected chi connectivity index (χ4v) is 4.72. The first kappa shape index (κ1) is 22.1. The molecule has 1 saturated heterocycles. The van der Waals surface area contributed by atoms with E-state index in [-0.39, 0.29) is 16.9 Å². The molecule has 0 aliphatic carbocycles. The molecule has 0 radical (unpaired) electrons. The number of carbonyl (C=O) groups excluding carboxylic acids is 1. The lowest BCUT2D eigenvalue weighted by atomic mass is 9.99. The molecule has 4 rings (SSSR count). The van der Waals surface area contributed by atoms with Gasteiger partial charge in [-0.1, -0.05) is 0 Å². The van der Waals surface area contributed by atoms with Crippen LogP contribution in [-0.2, 0) is 11.2 Å². The second-order valence-electron chi connectivity index (χ2n) is 8.70. The van der Waals surface area contributed by atoms with E-state index in [1.165, 1.54) is 12.3 Å². The molecule has 0 saturated carbocycles. The number of nitrogens with one attached hydrogen (secondary N) is 1. The Bertz CT molecular complexity index is 1150. The van der Waals surface area contributed by atoms with Crippen LogP contribution in [0, 0.1) is 11.7 Å². The van der Waals surface area contributed by atoms with Gasteiger partial charge in [0.25, 0.3) is 0 Å². The van der Waals surface area contributed by atoms with E-state index in [1.807, 2.05) is 17.0 Å². The number of carboxylic acids is 1. The fourth-order valence-electron chi connectivity index (χ4n) is 4.72. The number of benzene rings is 1. The monoisotopic (exact) mass is 445 g/mol. The van der Waals surface area contributed by atoms with Crippen LogP contribution in [0.4, 0.5) is 10.1 Å². The lowest BCUT2D eigenvalue weighted by molar-refractivity contribution is -0.122. The van der Waals surface area contributed by atoms with Gasteiger partial charge in [-0.2, -0.15) is 0 Å². The maximum atomic E-state index is 15.3. The molecular formula is C22H28FN5O4. The molecule has 2 aliphatic rings. The van der Waals surface area contributed by atoms with Gasteiger partial charge in [-0.25, -0.2) is 9.18 Å². The number of anilines is 1. The van der Waals surface area contributed by atoms with Crippen molar-refractivity contribution >= 4 is 28.5 Å². The summed E-state index contributed by atoms with van der Waals surface area (Å²) in [5.74, 6) is -1.72. The quantitative estimate of drug-likeness (QED) is 0.597. The molecule has 0 bridgehead atoms. The Labute approximate surface area is 184 Å². The van der Waals surface area contributed by atoms with Crippen molar-refractivity contribution in [3.63, 3.8) is 0 Å². The minimum absolute atomic E-state index is 0.0852. The van der Waals surface area contributed by atoms with E-state index in [0.717, 1.165) is 18.4 Å². The number of nitrogens with zero attached hydrogens (tertiary/aromatic N) is 3. The summed E-state index contributed by atoms with van der Waals surface area (Å²) in [6, 6.07) is 0.627. The van der Waals surface area contributed by atoms with E-state index < -0.39 is 23.3 Å². The van der Waals surface area contributed by atoms with Crippen LogP contribution < -0.4 is 26.4 Å². The van der Waals surface area contributed by atoms with Gasteiger partial charge in [0.2, 0.25) is 11.3 Å². The Morgan fingerprint density at radius 2 is 2.12 bits per heavy atom. The summed E-state index contributed by atoms with van der Waals surface area (Å²) in [4.78, 5) is 37.9. The molecule has 3 heterocycles. The number of aromatic carboxylic acids is 1. The zero-order valence-electron chi connectivity index (χ0n) is 18.2. The van der Waals surface area contributed by atoms with Crippen molar-refractivity contribution in [2.45, 2.75) is 32.2 Å². The fraction of sp³-hybridized carbons (Fsp3) is 0.500. The average molecular weight is 445 g/mol. The summed E-state index contributed by atoms with van der Waals surface area (Å²) in [6.07, 6.45) is 3.52. The third-order valence-electron chi connectivity index (χ3n) is 6.44. The zero-order chi connectivity index (χ0) is 23.2. The van der Waals surface area contributed by atoms with Gasteiger partial charge in [-0.3, -0.25) is 14.3 Å². The van der Waals surface area contributed by atoms with Gasteiger partial charge in [0.1, 0.15) is 11.4 Å². The van der Waals surface area contributed by atoms with Crippen molar-refractivity contribution < 1.29 is 19.1 Å². The number of carboxylic acid groups (broad SMARTS) is 1. The van der Waals surface area contributed by atoms with E-state index in [9.17, 15) is 19.5 Å². The van der Waals surface area contributed by atoms with Crippen molar-refractivity contribution in [2.75, 3.05) is 43.1 Å². The number of amides is 1. The molecule has 1 aromatic carbocycles. The molecular weight excluding hydrogens is 417 g/mol. The summed E-state index contributed by atoms with van der Waals surface area (Å²) < 4.78 is 17.0. The standard InChI is InChI=1S/C22H28FN5O4/c1-12(24)21(30)25-6-3-13-4-8-27(10-13)19-14-5-7-26(2)28-11-16(22(31)32)20(29)15(18(14)28)9-17(19)23/h9,11-13H,3-8,10,24H2,1-2H3,(H,25,30)(H,31,32)/t12?,13-/m1/s1. The average Bonchev–Trinajstić information content (AvgIpc) is 3.19. The SMILES string of the molecule is CC(N)C(=O)NCC[C@@H]1CCN(c2c(F)cc3c(=O)c(C(=O)O)cn4c3c2CCN4C)C1. The minimum Gasteiger partial charge on any atom is -0.477 e. The largest absolute Gasteiger partial charge is 0.477 e. The number of hydrogen-bond donors (Lipinski definition) is 3. The molecule has 4 N–H and O–H groups in total. The second kappa shape index (κ2) is 8.42.